The third kappa shape index (κ3) is 3.21. The van der Waals surface area contributed by atoms with Gasteiger partial charge in [0.1, 0.15) is 5.75 Å². The van der Waals surface area contributed by atoms with Crippen molar-refractivity contribution in [3.63, 3.8) is 0 Å². The van der Waals surface area contributed by atoms with E-state index in [1.807, 2.05) is 19.1 Å². The van der Waals surface area contributed by atoms with Crippen LogP contribution < -0.4 is 10.5 Å². The van der Waals surface area contributed by atoms with Crippen molar-refractivity contribution in [3.05, 3.63) is 28.2 Å². The molecule has 0 heterocycles. The lowest BCUT2D eigenvalue weighted by Crippen LogP contribution is -2.24. The van der Waals surface area contributed by atoms with Crippen LogP contribution in [0.25, 0.3) is 0 Å². The van der Waals surface area contributed by atoms with E-state index >= 15 is 0 Å². The molecule has 2 atom stereocenters. The molecule has 1 aromatic rings. The molecule has 16 heavy (non-hydrogen) atoms. The Morgan fingerprint density at radius 2 is 2.12 bits per heavy atom. The Hall–Kier alpha value is -1.07. The molecule has 0 saturated carbocycles. The zero-order valence-corrected chi connectivity index (χ0v) is 10.7. The topological polar surface area (TPSA) is 72.5 Å². The summed E-state index contributed by atoms with van der Waals surface area (Å²) in [5, 5.41) is 8.77. The van der Waals surface area contributed by atoms with Gasteiger partial charge >= 0.3 is 5.97 Å². The van der Waals surface area contributed by atoms with Crippen molar-refractivity contribution in [2.24, 2.45) is 5.73 Å². The van der Waals surface area contributed by atoms with Gasteiger partial charge in [0.2, 0.25) is 0 Å². The van der Waals surface area contributed by atoms with Gasteiger partial charge in [0.05, 0.1) is 0 Å². The van der Waals surface area contributed by atoms with Gasteiger partial charge in [0, 0.05) is 16.1 Å². The molecule has 0 bridgehead atoms. The van der Waals surface area contributed by atoms with Crippen LogP contribution >= 0.6 is 15.9 Å². The number of carboxylic acids is 1. The predicted molar refractivity (Wildman–Crippen MR) is 64.5 cm³/mol. The van der Waals surface area contributed by atoms with E-state index in [2.05, 4.69) is 15.9 Å². The molecule has 0 aliphatic rings. The highest BCUT2D eigenvalue weighted by molar-refractivity contribution is 9.10. The first kappa shape index (κ1) is 13.0. The molecule has 5 heteroatoms. The van der Waals surface area contributed by atoms with Crippen LogP contribution in [0.15, 0.2) is 22.7 Å². The zero-order chi connectivity index (χ0) is 12.3. The van der Waals surface area contributed by atoms with Crippen molar-refractivity contribution in [1.82, 2.24) is 0 Å². The van der Waals surface area contributed by atoms with Crippen LogP contribution in [0.2, 0.25) is 0 Å². The summed E-state index contributed by atoms with van der Waals surface area (Å²) in [6, 6.07) is 5.18. The maximum atomic E-state index is 10.7. The molecule has 0 aromatic heterocycles. The maximum absolute atomic E-state index is 10.7. The Morgan fingerprint density at radius 1 is 1.50 bits per heavy atom. The average Bonchev–Trinajstić information content (AvgIpc) is 2.16. The summed E-state index contributed by atoms with van der Waals surface area (Å²) in [6.07, 6.45) is -0.896. The summed E-state index contributed by atoms with van der Waals surface area (Å²) in [7, 11) is 0. The molecule has 0 amide bonds. The van der Waals surface area contributed by atoms with Gasteiger partial charge in [0.25, 0.3) is 0 Å². The normalized spacial score (nSPS) is 14.2. The van der Waals surface area contributed by atoms with Gasteiger partial charge < -0.3 is 15.6 Å². The summed E-state index contributed by atoms with van der Waals surface area (Å²) >= 11 is 3.30. The van der Waals surface area contributed by atoms with Crippen LogP contribution in [0.4, 0.5) is 0 Å². The molecule has 3 N–H and O–H groups in total. The van der Waals surface area contributed by atoms with E-state index in [9.17, 15) is 4.79 Å². The van der Waals surface area contributed by atoms with E-state index < -0.39 is 12.1 Å². The number of halogens is 1. The van der Waals surface area contributed by atoms with Gasteiger partial charge in [-0.05, 0) is 26.0 Å². The second kappa shape index (κ2) is 5.32. The van der Waals surface area contributed by atoms with E-state index in [1.54, 1.807) is 6.07 Å². The minimum atomic E-state index is -1.00. The Morgan fingerprint density at radius 3 is 2.62 bits per heavy atom. The fourth-order valence-corrected chi connectivity index (χ4v) is 1.57. The number of rotatable bonds is 4. The zero-order valence-electron chi connectivity index (χ0n) is 9.11. The summed E-state index contributed by atoms with van der Waals surface area (Å²) < 4.78 is 6.16. The first-order chi connectivity index (χ1) is 7.41. The van der Waals surface area contributed by atoms with E-state index in [0.29, 0.717) is 5.75 Å². The Balaban J connectivity index is 3.01. The molecule has 0 aliphatic heterocycles. The van der Waals surface area contributed by atoms with Crippen molar-refractivity contribution in [3.8, 4) is 5.75 Å². The van der Waals surface area contributed by atoms with Crippen LogP contribution in [0.1, 0.15) is 25.5 Å². The van der Waals surface area contributed by atoms with Crippen LogP contribution in [0.5, 0.6) is 5.75 Å². The number of hydrogen-bond acceptors (Lipinski definition) is 3. The van der Waals surface area contributed by atoms with Gasteiger partial charge in [-0.1, -0.05) is 22.0 Å². The first-order valence-corrected chi connectivity index (χ1v) is 5.65. The third-order valence-corrected chi connectivity index (χ3v) is 2.61. The molecular formula is C11H14BrNO3. The third-order valence-electron chi connectivity index (χ3n) is 2.12. The maximum Gasteiger partial charge on any atom is 0.344 e. The van der Waals surface area contributed by atoms with Crippen molar-refractivity contribution in [2.45, 2.75) is 26.0 Å². The van der Waals surface area contributed by atoms with Gasteiger partial charge in [-0.3, -0.25) is 0 Å². The van der Waals surface area contributed by atoms with E-state index in [-0.39, 0.29) is 6.04 Å². The van der Waals surface area contributed by atoms with Gasteiger partial charge in [-0.2, -0.15) is 0 Å². The van der Waals surface area contributed by atoms with Gasteiger partial charge in [-0.15, -0.1) is 0 Å². The smallest absolute Gasteiger partial charge is 0.344 e. The second-order valence-corrected chi connectivity index (χ2v) is 4.48. The summed E-state index contributed by atoms with van der Waals surface area (Å²) in [6.45, 7) is 3.30. The monoisotopic (exact) mass is 287 g/mol. The van der Waals surface area contributed by atoms with E-state index in [1.165, 1.54) is 6.92 Å². The van der Waals surface area contributed by atoms with E-state index in [0.717, 1.165) is 10.0 Å². The number of aliphatic carboxylic acids is 1. The molecule has 0 fully saturated rings. The van der Waals surface area contributed by atoms with Gasteiger partial charge in [0.15, 0.2) is 6.10 Å². The highest BCUT2D eigenvalue weighted by Gasteiger charge is 2.16. The molecule has 0 radical (unpaired) electrons. The summed E-state index contributed by atoms with van der Waals surface area (Å²) in [5.74, 6) is -0.505. The molecule has 1 unspecified atom stereocenters. The highest BCUT2D eigenvalue weighted by Crippen LogP contribution is 2.28. The number of carbonyl (C=O) groups is 1. The lowest BCUT2D eigenvalue weighted by Gasteiger charge is -2.16. The second-order valence-electron chi connectivity index (χ2n) is 3.57. The molecule has 1 aromatic carbocycles. The minimum Gasteiger partial charge on any atom is -0.479 e. The van der Waals surface area contributed by atoms with E-state index in [4.69, 9.17) is 15.6 Å². The lowest BCUT2D eigenvalue weighted by atomic mass is 10.1. The Kier molecular flexibility index (Phi) is 4.32. The fourth-order valence-electron chi connectivity index (χ4n) is 1.23. The summed E-state index contributed by atoms with van der Waals surface area (Å²) in [5.41, 5.74) is 6.56. The molecule has 0 saturated heterocycles. The standard InChI is InChI=1S/C11H14BrNO3/c1-6(13)9-4-3-8(12)5-10(9)16-7(2)11(14)15/h3-7H,13H2,1-2H3,(H,14,15)/t6-,7?/m1/s1. The van der Waals surface area contributed by atoms with Crippen molar-refractivity contribution >= 4 is 21.9 Å². The molecule has 0 aliphatic carbocycles. The van der Waals surface area contributed by atoms with Crippen LogP contribution in [0, 0.1) is 0 Å². The number of benzene rings is 1. The molecule has 88 valence electrons. The number of hydrogen-bond donors (Lipinski definition) is 2. The molecule has 4 nitrogen and oxygen atoms in total. The van der Waals surface area contributed by atoms with Gasteiger partial charge in [-0.25, -0.2) is 4.79 Å². The number of nitrogens with two attached hydrogens (primary N) is 1. The quantitative estimate of drug-likeness (QED) is 0.891. The Bertz CT molecular complexity index is 393. The largest absolute Gasteiger partial charge is 0.479 e. The number of carboxylic acid groups (broad SMARTS) is 1. The Labute approximate surface area is 103 Å². The lowest BCUT2D eigenvalue weighted by molar-refractivity contribution is -0.144. The molecular weight excluding hydrogens is 274 g/mol. The fraction of sp³-hybridized carbons (Fsp3) is 0.364. The molecule has 0 spiro atoms. The predicted octanol–water partition coefficient (Wildman–Crippen LogP) is 2.32. The summed E-state index contributed by atoms with van der Waals surface area (Å²) in [4.78, 5) is 10.7. The van der Waals surface area contributed by atoms with Crippen molar-refractivity contribution in [2.75, 3.05) is 0 Å². The van der Waals surface area contributed by atoms with Crippen molar-refractivity contribution < 1.29 is 14.6 Å². The highest BCUT2D eigenvalue weighted by atomic mass is 79.9. The SMILES string of the molecule is CC(Oc1cc(Br)ccc1[C@@H](C)N)C(=O)O. The average molecular weight is 288 g/mol. The minimum absolute atomic E-state index is 0.205. The first-order valence-electron chi connectivity index (χ1n) is 4.86. The molecule has 1 rings (SSSR count). The van der Waals surface area contributed by atoms with Crippen LogP contribution in [0.3, 0.4) is 0 Å². The van der Waals surface area contributed by atoms with Crippen LogP contribution in [-0.4, -0.2) is 17.2 Å². The van der Waals surface area contributed by atoms with Crippen molar-refractivity contribution in [1.29, 1.82) is 0 Å². The number of ether oxygens (including phenoxy) is 1. The van der Waals surface area contributed by atoms with Crippen LogP contribution in [-0.2, 0) is 4.79 Å².